The molecule has 2 aliphatic rings. The molecule has 114 valence electrons. The molecule has 0 unspecified atom stereocenters. The van der Waals surface area contributed by atoms with Crippen molar-refractivity contribution in [1.82, 2.24) is 0 Å². The molecule has 0 bridgehead atoms. The fraction of sp³-hybridized carbons (Fsp3) is 0.812. The Morgan fingerprint density at radius 1 is 1.45 bits per heavy atom. The molecule has 0 spiro atoms. The Hall–Kier alpha value is -0.453. The minimum atomic E-state index is -1.86. The van der Waals surface area contributed by atoms with Crippen LogP contribution in [0, 0.1) is 11.3 Å². The maximum absolute atomic E-state index is 12.4. The molecule has 3 atom stereocenters. The molecule has 0 aliphatic heterocycles. The molecule has 4 heteroatoms. The first-order valence-electron chi connectivity index (χ1n) is 7.61. The zero-order valence-corrected chi connectivity index (χ0v) is 14.4. The summed E-state index contributed by atoms with van der Waals surface area (Å²) in [7, 11) is -1.86. The Kier molecular flexibility index (Phi) is 4.04. The Balaban J connectivity index is 2.17. The zero-order valence-electron chi connectivity index (χ0n) is 13.4. The highest BCUT2D eigenvalue weighted by molar-refractivity contribution is 6.74. The van der Waals surface area contributed by atoms with Gasteiger partial charge in [-0.2, -0.15) is 0 Å². The molecule has 0 aromatic carbocycles. The van der Waals surface area contributed by atoms with E-state index in [4.69, 9.17) is 4.43 Å². The Morgan fingerprint density at radius 3 is 2.70 bits per heavy atom. The predicted octanol–water partition coefficient (Wildman–Crippen LogP) is 3.29. The number of rotatable bonds is 3. The molecule has 0 saturated heterocycles. The maximum Gasteiger partial charge on any atom is 0.192 e. The molecule has 0 heterocycles. The van der Waals surface area contributed by atoms with Gasteiger partial charge in [-0.1, -0.05) is 26.8 Å². The number of fused-ring (bicyclic) bond motifs is 1. The van der Waals surface area contributed by atoms with E-state index in [9.17, 15) is 9.90 Å². The standard InChI is InChI=1S/C16H28O3Si/c1-15(2,3)20(4,5)19-11-16-10-13(17)9-12(16)7-6-8-14(16)18/h6,8,12-13,17H,7,9-11H2,1-5H3/t12-,13-,16-/m0/s1. The summed E-state index contributed by atoms with van der Waals surface area (Å²) in [5.41, 5.74) is -0.469. The monoisotopic (exact) mass is 296 g/mol. The fourth-order valence-electron chi connectivity index (χ4n) is 3.13. The van der Waals surface area contributed by atoms with Crippen LogP contribution in [0.1, 0.15) is 40.0 Å². The third-order valence-electron chi connectivity index (χ3n) is 5.62. The van der Waals surface area contributed by atoms with Crippen LogP contribution in [0.4, 0.5) is 0 Å². The molecule has 1 fully saturated rings. The normalized spacial score (nSPS) is 34.4. The summed E-state index contributed by atoms with van der Waals surface area (Å²) in [5.74, 6) is 0.406. The first-order valence-corrected chi connectivity index (χ1v) is 10.5. The van der Waals surface area contributed by atoms with Gasteiger partial charge in [-0.05, 0) is 49.4 Å². The van der Waals surface area contributed by atoms with Crippen LogP contribution in [-0.2, 0) is 9.22 Å². The average Bonchev–Trinajstić information content (AvgIpc) is 2.64. The molecule has 20 heavy (non-hydrogen) atoms. The second kappa shape index (κ2) is 5.07. The van der Waals surface area contributed by atoms with Crippen LogP contribution in [0.25, 0.3) is 0 Å². The molecule has 0 amide bonds. The van der Waals surface area contributed by atoms with Crippen molar-refractivity contribution >= 4 is 14.1 Å². The second-order valence-electron chi connectivity index (χ2n) is 8.00. The van der Waals surface area contributed by atoms with Crippen molar-refractivity contribution in [3.63, 3.8) is 0 Å². The van der Waals surface area contributed by atoms with Gasteiger partial charge in [0, 0.05) is 6.61 Å². The van der Waals surface area contributed by atoms with Gasteiger partial charge < -0.3 is 9.53 Å². The van der Waals surface area contributed by atoms with Gasteiger partial charge in [-0.25, -0.2) is 0 Å². The SMILES string of the molecule is CC(C)(C)[Si](C)(C)OC[C@@]12C[C@@H](O)C[C@@H]1CC=CC2=O. The lowest BCUT2D eigenvalue weighted by molar-refractivity contribution is -0.129. The lowest BCUT2D eigenvalue weighted by Gasteiger charge is -2.41. The fourth-order valence-corrected chi connectivity index (χ4v) is 4.18. The van der Waals surface area contributed by atoms with Crippen molar-refractivity contribution in [2.24, 2.45) is 11.3 Å². The number of carbonyl (C=O) groups excluding carboxylic acids is 1. The number of carbonyl (C=O) groups is 1. The number of hydrogen-bond acceptors (Lipinski definition) is 3. The minimum absolute atomic E-state index is 0.143. The topological polar surface area (TPSA) is 46.5 Å². The van der Waals surface area contributed by atoms with Gasteiger partial charge in [0.15, 0.2) is 14.1 Å². The number of hydrogen-bond donors (Lipinski definition) is 1. The van der Waals surface area contributed by atoms with Crippen LogP contribution in [0.15, 0.2) is 12.2 Å². The lowest BCUT2D eigenvalue weighted by Crippen LogP contribution is -2.48. The highest BCUT2D eigenvalue weighted by atomic mass is 28.4. The Bertz CT molecular complexity index is 422. The smallest absolute Gasteiger partial charge is 0.192 e. The molecule has 0 aromatic rings. The maximum atomic E-state index is 12.4. The van der Waals surface area contributed by atoms with E-state index >= 15 is 0 Å². The van der Waals surface area contributed by atoms with Crippen molar-refractivity contribution in [3.8, 4) is 0 Å². The van der Waals surface area contributed by atoms with E-state index in [1.165, 1.54) is 0 Å². The summed E-state index contributed by atoms with van der Waals surface area (Å²) in [6.07, 6.45) is 5.49. The van der Waals surface area contributed by atoms with Gasteiger partial charge in [0.05, 0.1) is 11.5 Å². The lowest BCUT2D eigenvalue weighted by atomic mass is 9.70. The first kappa shape index (κ1) is 15.9. The second-order valence-corrected chi connectivity index (χ2v) is 12.8. The number of aliphatic hydroxyl groups excluding tert-OH is 1. The summed E-state index contributed by atoms with van der Waals surface area (Å²) in [6, 6.07) is 0. The molecule has 2 aliphatic carbocycles. The van der Waals surface area contributed by atoms with E-state index < -0.39 is 13.7 Å². The third-order valence-corrected chi connectivity index (χ3v) is 10.1. The number of aliphatic hydroxyl groups is 1. The van der Waals surface area contributed by atoms with E-state index in [-0.39, 0.29) is 22.8 Å². The van der Waals surface area contributed by atoms with Crippen molar-refractivity contribution < 1.29 is 14.3 Å². The van der Waals surface area contributed by atoms with Crippen molar-refractivity contribution in [2.75, 3.05) is 6.61 Å². The van der Waals surface area contributed by atoms with Gasteiger partial charge in [-0.15, -0.1) is 0 Å². The molecule has 0 aromatic heterocycles. The summed E-state index contributed by atoms with van der Waals surface area (Å²) in [6.45, 7) is 11.5. The highest BCUT2D eigenvalue weighted by Gasteiger charge is 2.53. The van der Waals surface area contributed by atoms with Crippen LogP contribution >= 0.6 is 0 Å². The molecule has 1 saturated carbocycles. The first-order chi connectivity index (χ1) is 9.08. The van der Waals surface area contributed by atoms with E-state index in [2.05, 4.69) is 33.9 Å². The molecular formula is C16H28O3Si. The summed E-state index contributed by atoms with van der Waals surface area (Å²) in [5, 5.41) is 10.2. The van der Waals surface area contributed by atoms with E-state index in [1.807, 2.05) is 6.08 Å². The van der Waals surface area contributed by atoms with Gasteiger partial charge in [0.2, 0.25) is 0 Å². The van der Waals surface area contributed by atoms with Gasteiger partial charge in [0.25, 0.3) is 0 Å². The zero-order chi connectivity index (χ0) is 15.2. The van der Waals surface area contributed by atoms with E-state index in [0.29, 0.717) is 13.0 Å². The molecule has 2 rings (SSSR count). The van der Waals surface area contributed by atoms with Crippen LogP contribution < -0.4 is 0 Å². The molecule has 1 N–H and O–H groups in total. The summed E-state index contributed by atoms with van der Waals surface area (Å²) in [4.78, 5) is 12.4. The van der Waals surface area contributed by atoms with Crippen LogP contribution in [0.2, 0.25) is 18.1 Å². The van der Waals surface area contributed by atoms with Crippen LogP contribution in [0.5, 0.6) is 0 Å². The quantitative estimate of drug-likeness (QED) is 0.813. The van der Waals surface area contributed by atoms with Gasteiger partial charge in [-0.3, -0.25) is 4.79 Å². The Morgan fingerprint density at radius 2 is 2.10 bits per heavy atom. The van der Waals surface area contributed by atoms with E-state index in [0.717, 1.165) is 12.8 Å². The highest BCUT2D eigenvalue weighted by Crippen LogP contribution is 2.50. The van der Waals surface area contributed by atoms with Crippen molar-refractivity contribution in [3.05, 3.63) is 12.2 Å². The molecule has 3 nitrogen and oxygen atoms in total. The molecular weight excluding hydrogens is 268 g/mol. The largest absolute Gasteiger partial charge is 0.416 e. The number of ketones is 1. The number of allylic oxidation sites excluding steroid dienone is 2. The summed E-state index contributed by atoms with van der Waals surface area (Å²) < 4.78 is 6.33. The summed E-state index contributed by atoms with van der Waals surface area (Å²) >= 11 is 0. The predicted molar refractivity (Wildman–Crippen MR) is 83.1 cm³/mol. The van der Waals surface area contributed by atoms with Crippen LogP contribution in [0.3, 0.4) is 0 Å². The van der Waals surface area contributed by atoms with Gasteiger partial charge in [0.1, 0.15) is 0 Å². The van der Waals surface area contributed by atoms with Crippen molar-refractivity contribution in [1.29, 1.82) is 0 Å². The van der Waals surface area contributed by atoms with Crippen LogP contribution in [-0.4, -0.2) is 31.9 Å². The minimum Gasteiger partial charge on any atom is -0.416 e. The Labute approximate surface area is 123 Å². The van der Waals surface area contributed by atoms with Gasteiger partial charge >= 0.3 is 0 Å². The third kappa shape index (κ3) is 2.65. The molecule has 0 radical (unpaired) electrons. The van der Waals surface area contributed by atoms with Crippen molar-refractivity contribution in [2.45, 2.75) is 64.3 Å². The average molecular weight is 296 g/mol. The van der Waals surface area contributed by atoms with E-state index in [1.54, 1.807) is 6.08 Å².